The molecule has 0 bridgehead atoms. The average molecular weight is 292 g/mol. The highest BCUT2D eigenvalue weighted by molar-refractivity contribution is 5.75. The third kappa shape index (κ3) is 2.81. The number of aromatic nitrogens is 2. The van der Waals surface area contributed by atoms with E-state index in [-0.39, 0.29) is 0 Å². The largest absolute Gasteiger partial charge is 0.352 e. The molecule has 3 rings (SSSR count). The summed E-state index contributed by atoms with van der Waals surface area (Å²) in [5.41, 5.74) is 0.749. The number of anilines is 1. The molecule has 0 spiro atoms. The van der Waals surface area contributed by atoms with Crippen LogP contribution in [0.3, 0.4) is 0 Å². The van der Waals surface area contributed by atoms with E-state index >= 15 is 0 Å². The van der Waals surface area contributed by atoms with Gasteiger partial charge in [-0.15, -0.1) is 0 Å². The second kappa shape index (κ2) is 5.52. The summed E-state index contributed by atoms with van der Waals surface area (Å²) in [6.07, 6.45) is 1.63. The predicted molar refractivity (Wildman–Crippen MR) is 78.3 cm³/mol. The Bertz CT molecular complexity index is 659. The summed E-state index contributed by atoms with van der Waals surface area (Å²) in [4.78, 5) is 10.8. The van der Waals surface area contributed by atoms with Crippen molar-refractivity contribution in [3.05, 3.63) is 30.0 Å². The van der Waals surface area contributed by atoms with Gasteiger partial charge < -0.3 is 10.2 Å². The van der Waals surface area contributed by atoms with Crippen LogP contribution >= 0.6 is 0 Å². The number of fused-ring (bicyclic) bond motifs is 1. The van der Waals surface area contributed by atoms with Gasteiger partial charge in [0.25, 0.3) is 0 Å². The first-order valence-corrected chi connectivity index (χ1v) is 7.14. The Labute approximate surface area is 122 Å². The maximum Gasteiger partial charge on any atom is 0.161 e. The number of piperazine rings is 1. The van der Waals surface area contributed by atoms with Gasteiger partial charge in [-0.1, -0.05) is 13.8 Å². The lowest BCUT2D eigenvalue weighted by molar-refractivity contribution is 0.367. The SMILES string of the molecule is CC(C)[C@H]1CN(c2cnc3cc(F)c(F)cc3n2)CCN1. The molecule has 1 aliphatic heterocycles. The molecule has 2 heterocycles. The van der Waals surface area contributed by atoms with Crippen LogP contribution in [0.15, 0.2) is 18.3 Å². The molecule has 0 saturated carbocycles. The monoisotopic (exact) mass is 292 g/mol. The van der Waals surface area contributed by atoms with Gasteiger partial charge in [0.05, 0.1) is 17.2 Å². The van der Waals surface area contributed by atoms with E-state index in [1.54, 1.807) is 6.20 Å². The quantitative estimate of drug-likeness (QED) is 0.922. The lowest BCUT2D eigenvalue weighted by Gasteiger charge is -2.36. The van der Waals surface area contributed by atoms with E-state index < -0.39 is 11.6 Å². The van der Waals surface area contributed by atoms with E-state index in [1.165, 1.54) is 0 Å². The minimum absolute atomic E-state index is 0.369. The molecule has 112 valence electrons. The Kier molecular flexibility index (Phi) is 3.71. The highest BCUT2D eigenvalue weighted by atomic mass is 19.2. The van der Waals surface area contributed by atoms with Crippen molar-refractivity contribution < 1.29 is 8.78 Å². The zero-order chi connectivity index (χ0) is 15.0. The van der Waals surface area contributed by atoms with Gasteiger partial charge in [-0.05, 0) is 5.92 Å². The van der Waals surface area contributed by atoms with Gasteiger partial charge in [0.2, 0.25) is 0 Å². The smallest absolute Gasteiger partial charge is 0.161 e. The van der Waals surface area contributed by atoms with Crippen molar-refractivity contribution in [1.29, 1.82) is 0 Å². The molecule has 0 radical (unpaired) electrons. The van der Waals surface area contributed by atoms with E-state index in [2.05, 4.69) is 34.0 Å². The van der Waals surface area contributed by atoms with Gasteiger partial charge in [0.15, 0.2) is 11.6 Å². The van der Waals surface area contributed by atoms with Gasteiger partial charge in [-0.3, -0.25) is 4.98 Å². The van der Waals surface area contributed by atoms with E-state index in [1.807, 2.05) is 0 Å². The zero-order valence-electron chi connectivity index (χ0n) is 12.1. The maximum atomic E-state index is 13.3. The van der Waals surface area contributed by atoms with Crippen LogP contribution in [-0.4, -0.2) is 35.6 Å². The second-order valence-electron chi connectivity index (χ2n) is 5.73. The molecule has 1 aliphatic rings. The lowest BCUT2D eigenvalue weighted by Crippen LogP contribution is -2.53. The Morgan fingerprint density at radius 3 is 2.67 bits per heavy atom. The summed E-state index contributed by atoms with van der Waals surface area (Å²) in [6.45, 7) is 6.88. The molecule has 1 aromatic heterocycles. The molecule has 2 aromatic rings. The number of rotatable bonds is 2. The summed E-state index contributed by atoms with van der Waals surface area (Å²) >= 11 is 0. The zero-order valence-corrected chi connectivity index (χ0v) is 12.1. The fourth-order valence-electron chi connectivity index (χ4n) is 2.58. The second-order valence-corrected chi connectivity index (χ2v) is 5.73. The Morgan fingerprint density at radius 2 is 1.95 bits per heavy atom. The molecule has 4 nitrogen and oxygen atoms in total. The molecule has 1 fully saturated rings. The molecular formula is C15H18F2N4. The van der Waals surface area contributed by atoms with Gasteiger partial charge in [-0.2, -0.15) is 0 Å². The first-order valence-electron chi connectivity index (χ1n) is 7.14. The maximum absolute atomic E-state index is 13.3. The molecule has 0 aliphatic carbocycles. The van der Waals surface area contributed by atoms with Gasteiger partial charge in [0.1, 0.15) is 5.82 Å². The number of benzene rings is 1. The third-order valence-corrected chi connectivity index (χ3v) is 3.91. The van der Waals surface area contributed by atoms with Crippen molar-refractivity contribution in [3.63, 3.8) is 0 Å². The number of nitrogens with zero attached hydrogens (tertiary/aromatic N) is 3. The van der Waals surface area contributed by atoms with Crippen molar-refractivity contribution in [1.82, 2.24) is 15.3 Å². The number of nitrogens with one attached hydrogen (secondary N) is 1. The van der Waals surface area contributed by atoms with E-state index in [4.69, 9.17) is 0 Å². The molecule has 0 amide bonds. The number of hydrogen-bond donors (Lipinski definition) is 1. The molecule has 1 N–H and O–H groups in total. The third-order valence-electron chi connectivity index (χ3n) is 3.91. The first-order chi connectivity index (χ1) is 10.0. The summed E-state index contributed by atoms with van der Waals surface area (Å²) in [6, 6.07) is 2.57. The van der Waals surface area contributed by atoms with Crippen LogP contribution in [0.5, 0.6) is 0 Å². The fourth-order valence-corrected chi connectivity index (χ4v) is 2.58. The van der Waals surface area contributed by atoms with E-state index in [0.29, 0.717) is 28.8 Å². The molecule has 1 atom stereocenters. The fraction of sp³-hybridized carbons (Fsp3) is 0.467. The summed E-state index contributed by atoms with van der Waals surface area (Å²) in [5, 5.41) is 3.47. The standard InChI is InChI=1S/C15H18F2N4/c1-9(2)14-8-21(4-3-18-14)15-7-19-12-5-10(16)11(17)6-13(12)20-15/h5-7,9,14,18H,3-4,8H2,1-2H3/t14-/m1/s1. The molecule has 1 saturated heterocycles. The summed E-state index contributed by atoms with van der Waals surface area (Å²) in [7, 11) is 0. The Morgan fingerprint density at radius 1 is 1.24 bits per heavy atom. The average Bonchev–Trinajstić information content (AvgIpc) is 2.48. The highest BCUT2D eigenvalue weighted by Crippen LogP contribution is 2.20. The lowest BCUT2D eigenvalue weighted by atomic mass is 10.0. The van der Waals surface area contributed by atoms with Crippen molar-refractivity contribution in [3.8, 4) is 0 Å². The minimum atomic E-state index is -0.897. The van der Waals surface area contributed by atoms with Gasteiger partial charge in [0, 0.05) is 37.8 Å². The molecule has 1 aromatic carbocycles. The number of halogens is 2. The minimum Gasteiger partial charge on any atom is -0.352 e. The summed E-state index contributed by atoms with van der Waals surface area (Å²) in [5.74, 6) is -0.561. The predicted octanol–water partition coefficient (Wildman–Crippen LogP) is 2.34. The van der Waals surface area contributed by atoms with Crippen LogP contribution in [0.2, 0.25) is 0 Å². The van der Waals surface area contributed by atoms with Crippen molar-refractivity contribution >= 4 is 16.9 Å². The Hall–Kier alpha value is -1.82. The molecule has 6 heteroatoms. The van der Waals surface area contributed by atoms with Crippen LogP contribution in [0.1, 0.15) is 13.8 Å². The van der Waals surface area contributed by atoms with Crippen LogP contribution in [0.4, 0.5) is 14.6 Å². The molecule has 21 heavy (non-hydrogen) atoms. The van der Waals surface area contributed by atoms with E-state index in [0.717, 1.165) is 31.8 Å². The normalized spacial score (nSPS) is 19.5. The highest BCUT2D eigenvalue weighted by Gasteiger charge is 2.23. The van der Waals surface area contributed by atoms with Gasteiger partial charge in [-0.25, -0.2) is 13.8 Å². The Balaban J connectivity index is 1.91. The van der Waals surface area contributed by atoms with Crippen LogP contribution in [0, 0.1) is 17.6 Å². The van der Waals surface area contributed by atoms with Crippen LogP contribution < -0.4 is 10.2 Å². The van der Waals surface area contributed by atoms with Crippen molar-refractivity contribution in [2.75, 3.05) is 24.5 Å². The van der Waals surface area contributed by atoms with E-state index in [9.17, 15) is 8.78 Å². The topological polar surface area (TPSA) is 41.1 Å². The van der Waals surface area contributed by atoms with Gasteiger partial charge >= 0.3 is 0 Å². The van der Waals surface area contributed by atoms with Crippen molar-refractivity contribution in [2.24, 2.45) is 5.92 Å². The number of hydrogen-bond acceptors (Lipinski definition) is 4. The van der Waals surface area contributed by atoms with Crippen molar-refractivity contribution in [2.45, 2.75) is 19.9 Å². The summed E-state index contributed by atoms with van der Waals surface area (Å²) < 4.78 is 26.5. The van der Waals surface area contributed by atoms with Crippen LogP contribution in [-0.2, 0) is 0 Å². The molecular weight excluding hydrogens is 274 g/mol. The first kappa shape index (κ1) is 14.1. The van der Waals surface area contributed by atoms with Crippen LogP contribution in [0.25, 0.3) is 11.0 Å². The molecule has 0 unspecified atom stereocenters.